The second-order valence-corrected chi connectivity index (χ2v) is 6.30. The van der Waals surface area contributed by atoms with E-state index in [0.717, 1.165) is 50.6 Å². The molecular weight excluding hydrogens is 291 g/mol. The van der Waals surface area contributed by atoms with Crippen molar-refractivity contribution in [3.63, 3.8) is 0 Å². The third-order valence-electron chi connectivity index (χ3n) is 4.65. The number of ether oxygens (including phenoxy) is 1. The molecule has 4 heteroatoms. The number of quaternary nitrogens is 2. The average Bonchev–Trinajstić information content (AvgIpc) is 2.59. The fourth-order valence-electron chi connectivity index (χ4n) is 3.29. The van der Waals surface area contributed by atoms with Gasteiger partial charge in [0.1, 0.15) is 50.8 Å². The minimum absolute atomic E-state index is 0.0776. The zero-order valence-corrected chi connectivity index (χ0v) is 13.6. The molecule has 0 spiro atoms. The monoisotopic (exact) mass is 316 g/mol. The van der Waals surface area contributed by atoms with Gasteiger partial charge in [0.25, 0.3) is 0 Å². The topological polar surface area (TPSA) is 18.1 Å². The maximum absolute atomic E-state index is 13.7. The molecule has 1 aliphatic heterocycles. The number of halogens is 1. The molecule has 1 fully saturated rings. The number of rotatable bonds is 5. The normalized spacial score (nSPS) is 21.1. The Bertz CT molecular complexity index is 639. The van der Waals surface area contributed by atoms with E-state index in [4.69, 9.17) is 4.74 Å². The first kappa shape index (κ1) is 16.0. The summed E-state index contributed by atoms with van der Waals surface area (Å²) >= 11 is 0. The molecule has 3 rings (SSSR count). The summed E-state index contributed by atoms with van der Waals surface area (Å²) in [5.41, 5.74) is 2.15. The highest BCUT2D eigenvalue weighted by Crippen LogP contribution is 2.11. The Kier molecular flexibility index (Phi) is 5.26. The van der Waals surface area contributed by atoms with Gasteiger partial charge in [-0.05, 0) is 18.2 Å². The van der Waals surface area contributed by atoms with Crippen molar-refractivity contribution >= 4 is 0 Å². The lowest BCUT2D eigenvalue weighted by atomic mass is 10.1. The Labute approximate surface area is 137 Å². The second kappa shape index (κ2) is 7.57. The second-order valence-electron chi connectivity index (χ2n) is 6.30. The molecule has 122 valence electrons. The quantitative estimate of drug-likeness (QED) is 0.813. The molecule has 0 bridgehead atoms. The van der Waals surface area contributed by atoms with Crippen molar-refractivity contribution in [3.05, 3.63) is 65.5 Å². The van der Waals surface area contributed by atoms with Gasteiger partial charge >= 0.3 is 0 Å². The molecule has 0 atom stereocenters. The number of benzene rings is 2. The number of hydrogen-bond acceptors (Lipinski definition) is 1. The van der Waals surface area contributed by atoms with Crippen LogP contribution >= 0.6 is 0 Å². The van der Waals surface area contributed by atoms with Crippen LogP contribution in [0.3, 0.4) is 0 Å². The van der Waals surface area contributed by atoms with Gasteiger partial charge in [-0.2, -0.15) is 0 Å². The first-order chi connectivity index (χ1) is 11.2. The van der Waals surface area contributed by atoms with Gasteiger partial charge in [0.05, 0.1) is 7.11 Å². The van der Waals surface area contributed by atoms with E-state index < -0.39 is 0 Å². The van der Waals surface area contributed by atoms with Crippen LogP contribution in [0.25, 0.3) is 0 Å². The average molecular weight is 316 g/mol. The van der Waals surface area contributed by atoms with Gasteiger partial charge in [-0.15, -0.1) is 0 Å². The Hall–Kier alpha value is -1.91. The molecule has 2 N–H and O–H groups in total. The van der Waals surface area contributed by atoms with E-state index in [1.165, 1.54) is 10.5 Å². The third kappa shape index (κ3) is 4.30. The van der Waals surface area contributed by atoms with Crippen LogP contribution in [0.2, 0.25) is 0 Å². The van der Waals surface area contributed by atoms with Gasteiger partial charge in [-0.3, -0.25) is 0 Å². The van der Waals surface area contributed by atoms with Gasteiger partial charge in [0.2, 0.25) is 0 Å². The van der Waals surface area contributed by atoms with Crippen molar-refractivity contribution in [1.29, 1.82) is 0 Å². The summed E-state index contributed by atoms with van der Waals surface area (Å²) in [6.07, 6.45) is 0. The van der Waals surface area contributed by atoms with Crippen LogP contribution in [0.4, 0.5) is 4.39 Å². The van der Waals surface area contributed by atoms with E-state index in [1.807, 2.05) is 24.3 Å². The van der Waals surface area contributed by atoms with Crippen molar-refractivity contribution in [2.45, 2.75) is 13.1 Å². The summed E-state index contributed by atoms with van der Waals surface area (Å²) in [7, 11) is 1.71. The van der Waals surface area contributed by atoms with Crippen molar-refractivity contribution in [2.24, 2.45) is 0 Å². The SMILES string of the molecule is COc1cccc(C[NH+]2CC[NH+](Cc3ccccc3F)CC2)c1. The maximum atomic E-state index is 13.7. The molecule has 0 saturated carbocycles. The van der Waals surface area contributed by atoms with E-state index in [9.17, 15) is 4.39 Å². The van der Waals surface area contributed by atoms with Crippen molar-refractivity contribution in [3.8, 4) is 5.75 Å². The highest BCUT2D eigenvalue weighted by atomic mass is 19.1. The predicted octanol–water partition coefficient (Wildman–Crippen LogP) is 0.318. The Morgan fingerprint density at radius 3 is 2.30 bits per heavy atom. The fourth-order valence-corrected chi connectivity index (χ4v) is 3.29. The van der Waals surface area contributed by atoms with Crippen LogP contribution in [-0.2, 0) is 13.1 Å². The van der Waals surface area contributed by atoms with Crippen LogP contribution in [0.1, 0.15) is 11.1 Å². The maximum Gasteiger partial charge on any atom is 0.132 e. The van der Waals surface area contributed by atoms with Gasteiger partial charge in [-0.1, -0.05) is 30.3 Å². The first-order valence-corrected chi connectivity index (χ1v) is 8.28. The summed E-state index contributed by atoms with van der Waals surface area (Å²) in [5.74, 6) is 0.844. The van der Waals surface area contributed by atoms with Crippen LogP contribution in [0.15, 0.2) is 48.5 Å². The van der Waals surface area contributed by atoms with Gasteiger partial charge < -0.3 is 14.5 Å². The van der Waals surface area contributed by atoms with E-state index in [1.54, 1.807) is 24.1 Å². The zero-order chi connectivity index (χ0) is 16.1. The fraction of sp³-hybridized carbons (Fsp3) is 0.368. The van der Waals surface area contributed by atoms with Crippen LogP contribution in [-0.4, -0.2) is 33.3 Å². The molecule has 0 aliphatic carbocycles. The van der Waals surface area contributed by atoms with Crippen molar-refractivity contribution in [2.75, 3.05) is 33.3 Å². The molecule has 0 unspecified atom stereocenters. The van der Waals surface area contributed by atoms with Crippen LogP contribution in [0.5, 0.6) is 5.75 Å². The summed E-state index contributed by atoms with van der Waals surface area (Å²) in [5, 5.41) is 0. The number of hydrogen-bond donors (Lipinski definition) is 2. The highest BCUT2D eigenvalue weighted by molar-refractivity contribution is 5.27. The van der Waals surface area contributed by atoms with E-state index >= 15 is 0 Å². The molecule has 3 nitrogen and oxygen atoms in total. The van der Waals surface area contributed by atoms with Crippen LogP contribution < -0.4 is 14.5 Å². The van der Waals surface area contributed by atoms with Gasteiger partial charge in [0, 0.05) is 11.1 Å². The lowest BCUT2D eigenvalue weighted by molar-refractivity contribution is -1.02. The lowest BCUT2D eigenvalue weighted by Crippen LogP contribution is -3.27. The van der Waals surface area contributed by atoms with E-state index in [2.05, 4.69) is 12.1 Å². The minimum atomic E-state index is -0.0776. The molecule has 0 amide bonds. The smallest absolute Gasteiger partial charge is 0.132 e. The largest absolute Gasteiger partial charge is 0.497 e. The molecule has 23 heavy (non-hydrogen) atoms. The molecule has 2 aromatic carbocycles. The molecular formula is C19H25FN2O+2. The lowest BCUT2D eigenvalue weighted by Gasteiger charge is -2.30. The number of methoxy groups -OCH3 is 1. The highest BCUT2D eigenvalue weighted by Gasteiger charge is 2.23. The Balaban J connectivity index is 1.51. The molecule has 1 saturated heterocycles. The number of nitrogens with one attached hydrogen (secondary N) is 2. The third-order valence-corrected chi connectivity index (χ3v) is 4.65. The summed E-state index contributed by atoms with van der Waals surface area (Å²) in [6, 6.07) is 15.4. The van der Waals surface area contributed by atoms with Gasteiger partial charge in [-0.25, -0.2) is 4.39 Å². The molecule has 2 aromatic rings. The van der Waals surface area contributed by atoms with E-state index in [-0.39, 0.29) is 5.82 Å². The summed E-state index contributed by atoms with van der Waals surface area (Å²) in [6.45, 7) is 6.26. The molecule has 0 radical (unpaired) electrons. The molecule has 1 heterocycles. The van der Waals surface area contributed by atoms with Crippen molar-refractivity contribution in [1.82, 2.24) is 0 Å². The van der Waals surface area contributed by atoms with Crippen LogP contribution in [0, 0.1) is 5.82 Å². The van der Waals surface area contributed by atoms with Crippen molar-refractivity contribution < 1.29 is 18.9 Å². The van der Waals surface area contributed by atoms with Gasteiger partial charge in [0.15, 0.2) is 0 Å². The summed E-state index contributed by atoms with van der Waals surface area (Å²) < 4.78 is 19.0. The zero-order valence-electron chi connectivity index (χ0n) is 13.6. The standard InChI is InChI=1S/C19H23FN2O/c1-23-18-7-4-5-16(13-18)14-21-9-11-22(12-10-21)15-17-6-2-3-8-19(17)20/h2-8,13H,9-12,14-15H2,1H3/p+2. The summed E-state index contributed by atoms with van der Waals surface area (Å²) in [4.78, 5) is 3.07. The number of piperazine rings is 1. The first-order valence-electron chi connectivity index (χ1n) is 8.28. The molecule has 1 aliphatic rings. The Morgan fingerprint density at radius 2 is 1.61 bits per heavy atom. The Morgan fingerprint density at radius 1 is 0.913 bits per heavy atom. The predicted molar refractivity (Wildman–Crippen MR) is 88.2 cm³/mol. The van der Waals surface area contributed by atoms with E-state index in [0.29, 0.717) is 0 Å². The minimum Gasteiger partial charge on any atom is -0.497 e. The molecule has 0 aromatic heterocycles.